The molecule has 0 bridgehead atoms. The zero-order valence-corrected chi connectivity index (χ0v) is 24.3. The lowest BCUT2D eigenvalue weighted by molar-refractivity contribution is 0.0603. The SMILES string of the molecule is CNC(=O)OCCN(C)c1cc(F)ccc1Nc1cc(F)c(S(=O)(=O)N(C(=O)OC(C)(C)C)c2ncco2)cc1Cl. The lowest BCUT2D eigenvalue weighted by Gasteiger charge is -2.25. The molecule has 0 saturated carbocycles. The molecule has 0 radical (unpaired) electrons. The molecule has 0 aliphatic rings. The van der Waals surface area contributed by atoms with Crippen molar-refractivity contribution in [3.8, 4) is 0 Å². The minimum absolute atomic E-state index is 0.0211. The van der Waals surface area contributed by atoms with Gasteiger partial charge in [-0.2, -0.15) is 0 Å². The van der Waals surface area contributed by atoms with Gasteiger partial charge in [-0.1, -0.05) is 11.6 Å². The molecule has 0 fully saturated rings. The molecule has 3 aromatic rings. The van der Waals surface area contributed by atoms with Gasteiger partial charge in [-0.15, -0.1) is 4.31 Å². The molecule has 12 nitrogen and oxygen atoms in total. The number of oxazole rings is 1. The highest BCUT2D eigenvalue weighted by Crippen LogP contribution is 2.36. The highest BCUT2D eigenvalue weighted by molar-refractivity contribution is 7.93. The number of hydrogen-bond acceptors (Lipinski definition) is 10. The van der Waals surface area contributed by atoms with Crippen LogP contribution in [0.4, 0.5) is 41.4 Å². The van der Waals surface area contributed by atoms with Crippen molar-refractivity contribution < 1.29 is 40.7 Å². The largest absolute Gasteiger partial charge is 0.448 e. The number of benzene rings is 2. The highest BCUT2D eigenvalue weighted by atomic mass is 35.5. The van der Waals surface area contributed by atoms with Gasteiger partial charge in [0.15, 0.2) is 0 Å². The molecule has 222 valence electrons. The molecule has 0 saturated heterocycles. The maximum atomic E-state index is 15.4. The number of carbonyl (C=O) groups is 2. The van der Waals surface area contributed by atoms with Gasteiger partial charge in [0.25, 0.3) is 10.0 Å². The number of carbonyl (C=O) groups excluding carboxylic acids is 2. The Morgan fingerprint density at radius 2 is 1.85 bits per heavy atom. The Bertz CT molecular complexity index is 1520. The van der Waals surface area contributed by atoms with E-state index in [-0.39, 0.29) is 33.9 Å². The van der Waals surface area contributed by atoms with E-state index in [2.05, 4.69) is 15.6 Å². The molecule has 0 spiro atoms. The van der Waals surface area contributed by atoms with Crippen LogP contribution in [0.15, 0.2) is 52.1 Å². The number of alkyl carbamates (subject to hydrolysis) is 1. The van der Waals surface area contributed by atoms with E-state index in [9.17, 15) is 22.4 Å². The van der Waals surface area contributed by atoms with Crippen LogP contribution in [-0.2, 0) is 19.5 Å². The normalized spacial score (nSPS) is 11.5. The number of ether oxygens (including phenoxy) is 2. The molecule has 2 amide bonds. The topological polar surface area (TPSA) is 143 Å². The molecule has 0 unspecified atom stereocenters. The fourth-order valence-electron chi connectivity index (χ4n) is 3.36. The van der Waals surface area contributed by atoms with Crippen molar-refractivity contribution >= 4 is 56.9 Å². The van der Waals surface area contributed by atoms with E-state index in [0.717, 1.165) is 30.7 Å². The first-order valence-electron chi connectivity index (χ1n) is 11.9. The van der Waals surface area contributed by atoms with E-state index < -0.39 is 50.4 Å². The van der Waals surface area contributed by atoms with E-state index >= 15 is 4.39 Å². The van der Waals surface area contributed by atoms with E-state index in [1.165, 1.54) is 40.0 Å². The standard InChI is InChI=1S/C25H28ClF2N5O7S/c1-25(2,3)40-24(35)33(22-30-8-10-38-22)41(36,37)21-13-16(26)19(14-17(21)28)31-18-7-6-15(27)12-20(18)32(5)9-11-39-23(34)29-4/h6-8,10,12-14,31H,9,11H2,1-5H3,(H,29,34). The summed E-state index contributed by atoms with van der Waals surface area (Å²) in [4.78, 5) is 28.5. The van der Waals surface area contributed by atoms with Crippen molar-refractivity contribution in [1.82, 2.24) is 10.3 Å². The van der Waals surface area contributed by atoms with Crippen LogP contribution in [0.2, 0.25) is 5.02 Å². The monoisotopic (exact) mass is 615 g/mol. The van der Waals surface area contributed by atoms with Gasteiger partial charge in [-0.05, 0) is 45.0 Å². The minimum Gasteiger partial charge on any atom is -0.448 e. The number of amides is 2. The Morgan fingerprint density at radius 1 is 1.15 bits per heavy atom. The molecular weight excluding hydrogens is 588 g/mol. The predicted molar refractivity (Wildman–Crippen MR) is 147 cm³/mol. The summed E-state index contributed by atoms with van der Waals surface area (Å²) in [6.45, 7) is 4.69. The van der Waals surface area contributed by atoms with E-state index in [1.54, 1.807) is 11.9 Å². The number of anilines is 4. The summed E-state index contributed by atoms with van der Waals surface area (Å²) in [6, 6.07) is 4.65. The summed E-state index contributed by atoms with van der Waals surface area (Å²) < 4.78 is 71.6. The van der Waals surface area contributed by atoms with Crippen molar-refractivity contribution in [3.63, 3.8) is 0 Å². The average molecular weight is 616 g/mol. The highest BCUT2D eigenvalue weighted by Gasteiger charge is 2.39. The Balaban J connectivity index is 1.95. The molecular formula is C25H28ClF2N5O7S. The third-order valence-corrected chi connectivity index (χ3v) is 7.16. The van der Waals surface area contributed by atoms with Gasteiger partial charge in [0.05, 0.1) is 34.8 Å². The van der Waals surface area contributed by atoms with Gasteiger partial charge in [0, 0.05) is 20.2 Å². The van der Waals surface area contributed by atoms with Gasteiger partial charge in [-0.3, -0.25) is 0 Å². The van der Waals surface area contributed by atoms with E-state index in [0.29, 0.717) is 5.69 Å². The average Bonchev–Trinajstić information content (AvgIpc) is 3.39. The van der Waals surface area contributed by atoms with Gasteiger partial charge < -0.3 is 29.4 Å². The van der Waals surface area contributed by atoms with Crippen molar-refractivity contribution in [3.05, 3.63) is 59.4 Å². The summed E-state index contributed by atoms with van der Waals surface area (Å²) in [7, 11) is -1.96. The molecule has 16 heteroatoms. The quantitative estimate of drug-likeness (QED) is 0.327. The van der Waals surface area contributed by atoms with E-state index in [1.807, 2.05) is 0 Å². The van der Waals surface area contributed by atoms with Crippen molar-refractivity contribution in [2.45, 2.75) is 31.3 Å². The molecule has 41 heavy (non-hydrogen) atoms. The Hall–Kier alpha value is -4.11. The summed E-state index contributed by atoms with van der Waals surface area (Å²) in [6.07, 6.45) is 0.111. The Morgan fingerprint density at radius 3 is 2.46 bits per heavy atom. The van der Waals surface area contributed by atoms with Crippen LogP contribution in [0, 0.1) is 11.6 Å². The summed E-state index contributed by atoms with van der Waals surface area (Å²) in [5, 5.41) is 4.92. The summed E-state index contributed by atoms with van der Waals surface area (Å²) in [5.74, 6) is -1.84. The second-order valence-corrected chi connectivity index (χ2v) is 11.6. The molecule has 0 aliphatic carbocycles. The van der Waals surface area contributed by atoms with Crippen molar-refractivity contribution in [1.29, 1.82) is 0 Å². The van der Waals surface area contributed by atoms with Gasteiger partial charge in [0.1, 0.15) is 35.0 Å². The fraction of sp³-hybridized carbons (Fsp3) is 0.320. The first-order chi connectivity index (χ1) is 19.1. The Kier molecular flexibility index (Phi) is 9.65. The van der Waals surface area contributed by atoms with Crippen LogP contribution >= 0.6 is 11.6 Å². The summed E-state index contributed by atoms with van der Waals surface area (Å²) >= 11 is 6.35. The first kappa shape index (κ1) is 31.4. The molecule has 1 heterocycles. The smallest absolute Gasteiger partial charge is 0.433 e. The molecule has 3 rings (SSSR count). The summed E-state index contributed by atoms with van der Waals surface area (Å²) in [5.41, 5.74) is -0.582. The lowest BCUT2D eigenvalue weighted by atomic mass is 10.2. The molecule has 0 atom stereocenters. The number of halogens is 3. The molecule has 1 aromatic heterocycles. The van der Waals surface area contributed by atoms with Crippen LogP contribution < -0.4 is 19.8 Å². The lowest BCUT2D eigenvalue weighted by Crippen LogP contribution is -2.41. The van der Waals surface area contributed by atoms with Gasteiger partial charge >= 0.3 is 18.2 Å². The third kappa shape index (κ3) is 7.76. The van der Waals surface area contributed by atoms with E-state index in [4.69, 9.17) is 25.5 Å². The maximum Gasteiger partial charge on any atom is 0.433 e. The second kappa shape index (κ2) is 12.6. The number of nitrogens with one attached hydrogen (secondary N) is 2. The predicted octanol–water partition coefficient (Wildman–Crippen LogP) is 5.27. The number of nitrogens with zero attached hydrogens (tertiary/aromatic N) is 3. The van der Waals surface area contributed by atoms with Crippen molar-refractivity contribution in [2.75, 3.05) is 41.8 Å². The van der Waals surface area contributed by atoms with Crippen LogP contribution in [0.5, 0.6) is 0 Å². The maximum absolute atomic E-state index is 15.4. The fourth-order valence-corrected chi connectivity index (χ4v) is 4.93. The number of rotatable bonds is 9. The van der Waals surface area contributed by atoms with Crippen LogP contribution in [0.1, 0.15) is 20.8 Å². The molecule has 0 aliphatic heterocycles. The number of hydrogen-bond donors (Lipinski definition) is 2. The van der Waals surface area contributed by atoms with Gasteiger partial charge in [-0.25, -0.2) is 31.8 Å². The molecule has 2 aromatic carbocycles. The second-order valence-electron chi connectivity index (χ2n) is 9.42. The van der Waals surface area contributed by atoms with Crippen molar-refractivity contribution in [2.24, 2.45) is 0 Å². The number of sulfonamides is 1. The number of aromatic nitrogens is 1. The van der Waals surface area contributed by atoms with Crippen LogP contribution in [-0.4, -0.2) is 58.4 Å². The number of likely N-dealkylation sites (N-methyl/N-ethyl adjacent to an activating group) is 1. The van der Waals surface area contributed by atoms with Crippen LogP contribution in [0.3, 0.4) is 0 Å². The molecule has 2 N–H and O–H groups in total. The van der Waals surface area contributed by atoms with Gasteiger partial charge in [0.2, 0.25) is 0 Å². The first-order valence-corrected chi connectivity index (χ1v) is 13.7. The van der Waals surface area contributed by atoms with Crippen LogP contribution in [0.25, 0.3) is 0 Å². The minimum atomic E-state index is -4.97. The zero-order chi connectivity index (χ0) is 30.5. The Labute approximate surface area is 240 Å². The zero-order valence-electron chi connectivity index (χ0n) is 22.7. The third-order valence-electron chi connectivity index (χ3n) is 5.20.